The lowest BCUT2D eigenvalue weighted by Crippen LogP contribution is -2.30. The predicted molar refractivity (Wildman–Crippen MR) is 86.9 cm³/mol. The molecule has 6 heteroatoms. The highest BCUT2D eigenvalue weighted by atomic mass is 16.5. The fourth-order valence-electron chi connectivity index (χ4n) is 1.84. The van der Waals surface area contributed by atoms with Gasteiger partial charge in [0.25, 0.3) is 5.91 Å². The van der Waals surface area contributed by atoms with Crippen LogP contribution in [-0.4, -0.2) is 38.7 Å². The maximum atomic E-state index is 12.0. The van der Waals surface area contributed by atoms with Gasteiger partial charge in [0.05, 0.1) is 19.3 Å². The summed E-state index contributed by atoms with van der Waals surface area (Å²) < 4.78 is 15.6. The molecule has 1 N–H and O–H groups in total. The Labute approximate surface area is 137 Å². The molecule has 0 saturated carbocycles. The van der Waals surface area contributed by atoms with Crippen molar-refractivity contribution < 1.29 is 23.8 Å². The number of esters is 1. The molecule has 6 nitrogen and oxygen atoms in total. The summed E-state index contributed by atoms with van der Waals surface area (Å²) in [6, 6.07) is 4.74. The molecular weight excluding hydrogens is 298 g/mol. The Hall–Kier alpha value is -2.24. The summed E-state index contributed by atoms with van der Waals surface area (Å²) in [5.41, 5.74) is 0.309. The highest BCUT2D eigenvalue weighted by Crippen LogP contribution is 2.28. The summed E-state index contributed by atoms with van der Waals surface area (Å²) >= 11 is 0. The van der Waals surface area contributed by atoms with Crippen LogP contribution in [0.15, 0.2) is 18.2 Å². The Morgan fingerprint density at radius 3 is 2.57 bits per heavy atom. The summed E-state index contributed by atoms with van der Waals surface area (Å²) in [5, 5.41) is 2.71. The number of carbonyl (C=O) groups is 2. The zero-order valence-corrected chi connectivity index (χ0v) is 14.2. The van der Waals surface area contributed by atoms with Gasteiger partial charge in [-0.05, 0) is 37.5 Å². The van der Waals surface area contributed by atoms with E-state index in [2.05, 4.69) is 19.2 Å². The molecule has 0 aliphatic carbocycles. The van der Waals surface area contributed by atoms with Gasteiger partial charge in [-0.3, -0.25) is 4.79 Å². The minimum Gasteiger partial charge on any atom is -0.493 e. The minimum absolute atomic E-state index is 0.299. The Morgan fingerprint density at radius 1 is 1.22 bits per heavy atom. The lowest BCUT2D eigenvalue weighted by Gasteiger charge is -2.11. The molecule has 1 rings (SSSR count). The van der Waals surface area contributed by atoms with Crippen molar-refractivity contribution >= 4 is 11.9 Å². The summed E-state index contributed by atoms with van der Waals surface area (Å²) in [4.78, 5) is 23.6. The number of rotatable bonds is 9. The SMILES string of the molecule is CCOc1cc(C(=O)OCC(=O)NCCC(C)C)ccc1OC. The molecule has 0 aliphatic rings. The van der Waals surface area contributed by atoms with Crippen molar-refractivity contribution in [3.8, 4) is 11.5 Å². The predicted octanol–water partition coefficient (Wildman–Crippen LogP) is 2.41. The molecule has 0 bridgehead atoms. The number of amides is 1. The van der Waals surface area contributed by atoms with Crippen molar-refractivity contribution in [2.45, 2.75) is 27.2 Å². The monoisotopic (exact) mass is 323 g/mol. The fraction of sp³-hybridized carbons (Fsp3) is 0.529. The molecule has 0 fully saturated rings. The van der Waals surface area contributed by atoms with Crippen LogP contribution in [0.25, 0.3) is 0 Å². The van der Waals surface area contributed by atoms with Crippen molar-refractivity contribution in [3.63, 3.8) is 0 Å². The van der Waals surface area contributed by atoms with E-state index in [1.807, 2.05) is 6.92 Å². The number of benzene rings is 1. The van der Waals surface area contributed by atoms with E-state index in [1.54, 1.807) is 18.2 Å². The van der Waals surface area contributed by atoms with E-state index in [9.17, 15) is 9.59 Å². The number of methoxy groups -OCH3 is 1. The van der Waals surface area contributed by atoms with Crippen molar-refractivity contribution in [1.82, 2.24) is 5.32 Å². The molecule has 1 aromatic rings. The summed E-state index contributed by atoms with van der Waals surface area (Å²) in [6.45, 7) is 6.72. The molecule has 0 atom stereocenters. The largest absolute Gasteiger partial charge is 0.493 e. The molecule has 0 unspecified atom stereocenters. The summed E-state index contributed by atoms with van der Waals surface area (Å²) in [7, 11) is 1.53. The third-order valence-electron chi connectivity index (χ3n) is 3.08. The third-order valence-corrected chi connectivity index (χ3v) is 3.08. The average Bonchev–Trinajstić information content (AvgIpc) is 2.52. The maximum Gasteiger partial charge on any atom is 0.338 e. The van der Waals surface area contributed by atoms with Crippen LogP contribution < -0.4 is 14.8 Å². The number of nitrogens with one attached hydrogen (secondary N) is 1. The van der Waals surface area contributed by atoms with E-state index in [0.29, 0.717) is 36.1 Å². The Bertz CT molecular complexity index is 528. The zero-order chi connectivity index (χ0) is 17.2. The number of hydrogen-bond acceptors (Lipinski definition) is 5. The fourth-order valence-corrected chi connectivity index (χ4v) is 1.84. The van der Waals surface area contributed by atoms with E-state index in [-0.39, 0.29) is 12.5 Å². The molecule has 128 valence electrons. The van der Waals surface area contributed by atoms with Crippen LogP contribution in [0.2, 0.25) is 0 Å². The molecule has 0 radical (unpaired) electrons. The van der Waals surface area contributed by atoms with Crippen molar-refractivity contribution in [2.24, 2.45) is 5.92 Å². The van der Waals surface area contributed by atoms with Gasteiger partial charge >= 0.3 is 5.97 Å². The van der Waals surface area contributed by atoms with Gasteiger partial charge in [0.15, 0.2) is 18.1 Å². The van der Waals surface area contributed by atoms with Crippen LogP contribution >= 0.6 is 0 Å². The molecule has 1 amide bonds. The normalized spacial score (nSPS) is 10.3. The number of hydrogen-bond donors (Lipinski definition) is 1. The van der Waals surface area contributed by atoms with E-state index in [1.165, 1.54) is 7.11 Å². The first-order valence-corrected chi connectivity index (χ1v) is 7.72. The van der Waals surface area contributed by atoms with Gasteiger partial charge in [0.2, 0.25) is 0 Å². The van der Waals surface area contributed by atoms with Gasteiger partial charge in [0, 0.05) is 6.54 Å². The lowest BCUT2D eigenvalue weighted by atomic mass is 10.1. The zero-order valence-electron chi connectivity index (χ0n) is 14.2. The van der Waals surface area contributed by atoms with E-state index >= 15 is 0 Å². The van der Waals surface area contributed by atoms with Gasteiger partial charge in [-0.25, -0.2) is 4.79 Å². The molecule has 23 heavy (non-hydrogen) atoms. The number of carbonyl (C=O) groups excluding carboxylic acids is 2. The van der Waals surface area contributed by atoms with Crippen LogP contribution in [0.1, 0.15) is 37.6 Å². The van der Waals surface area contributed by atoms with Crippen LogP contribution in [0.4, 0.5) is 0 Å². The van der Waals surface area contributed by atoms with Gasteiger partial charge in [-0.15, -0.1) is 0 Å². The van der Waals surface area contributed by atoms with Crippen LogP contribution in [0, 0.1) is 5.92 Å². The Morgan fingerprint density at radius 2 is 1.96 bits per heavy atom. The smallest absolute Gasteiger partial charge is 0.338 e. The Kier molecular flexibility index (Phi) is 7.94. The minimum atomic E-state index is -0.576. The first-order chi connectivity index (χ1) is 11.0. The topological polar surface area (TPSA) is 73.9 Å². The van der Waals surface area contributed by atoms with E-state index in [0.717, 1.165) is 6.42 Å². The molecule has 0 heterocycles. The van der Waals surface area contributed by atoms with Gasteiger partial charge in [0.1, 0.15) is 0 Å². The Balaban J connectivity index is 2.54. The average molecular weight is 323 g/mol. The third kappa shape index (κ3) is 6.59. The second-order valence-corrected chi connectivity index (χ2v) is 5.41. The van der Waals surface area contributed by atoms with Gasteiger partial charge < -0.3 is 19.5 Å². The van der Waals surface area contributed by atoms with Gasteiger partial charge in [-0.2, -0.15) is 0 Å². The van der Waals surface area contributed by atoms with Crippen molar-refractivity contribution in [2.75, 3.05) is 26.9 Å². The molecule has 0 saturated heterocycles. The van der Waals surface area contributed by atoms with E-state index < -0.39 is 5.97 Å². The molecular formula is C17H25NO5. The molecule has 0 aliphatic heterocycles. The van der Waals surface area contributed by atoms with Gasteiger partial charge in [-0.1, -0.05) is 13.8 Å². The van der Waals surface area contributed by atoms with E-state index in [4.69, 9.17) is 14.2 Å². The molecule has 1 aromatic carbocycles. The molecule has 0 aromatic heterocycles. The highest BCUT2D eigenvalue weighted by molar-refractivity contribution is 5.92. The summed E-state index contributed by atoms with van der Waals surface area (Å²) in [6.07, 6.45) is 0.885. The molecule has 0 spiro atoms. The van der Waals surface area contributed by atoms with Crippen LogP contribution in [0.5, 0.6) is 11.5 Å². The quantitative estimate of drug-likeness (QED) is 0.707. The number of ether oxygens (including phenoxy) is 3. The first-order valence-electron chi connectivity index (χ1n) is 7.72. The standard InChI is InChI=1S/C17H25NO5/c1-5-22-15-10-13(6-7-14(15)21-4)17(20)23-11-16(19)18-9-8-12(2)3/h6-7,10,12H,5,8-9,11H2,1-4H3,(H,18,19). The summed E-state index contributed by atoms with van der Waals surface area (Å²) in [5.74, 6) is 0.625. The van der Waals surface area contributed by atoms with Crippen molar-refractivity contribution in [1.29, 1.82) is 0 Å². The lowest BCUT2D eigenvalue weighted by molar-refractivity contribution is -0.124. The highest BCUT2D eigenvalue weighted by Gasteiger charge is 2.13. The first kappa shape index (κ1) is 18.8. The van der Waals surface area contributed by atoms with Crippen molar-refractivity contribution in [3.05, 3.63) is 23.8 Å². The van der Waals surface area contributed by atoms with Crippen LogP contribution in [-0.2, 0) is 9.53 Å². The second-order valence-electron chi connectivity index (χ2n) is 5.41. The maximum absolute atomic E-state index is 12.0. The second kappa shape index (κ2) is 9.71. The van der Waals surface area contributed by atoms with Crippen LogP contribution in [0.3, 0.4) is 0 Å².